The Morgan fingerprint density at radius 1 is 1.23 bits per heavy atom. The molecule has 0 spiro atoms. The molecule has 5 nitrogen and oxygen atoms in total. The lowest BCUT2D eigenvalue weighted by molar-refractivity contribution is -0.671. The second kappa shape index (κ2) is 8.43. The maximum Gasteiger partial charge on any atom is 0.175 e. The van der Waals surface area contributed by atoms with E-state index in [1.54, 1.807) is 18.2 Å². The molecule has 0 aliphatic heterocycles. The highest BCUT2D eigenvalue weighted by molar-refractivity contribution is 7.85. The van der Waals surface area contributed by atoms with Gasteiger partial charge in [-0.25, -0.2) is 13.0 Å². The van der Waals surface area contributed by atoms with Crippen LogP contribution in [-0.4, -0.2) is 24.7 Å². The van der Waals surface area contributed by atoms with Crippen molar-refractivity contribution in [2.75, 3.05) is 6.61 Å². The summed E-state index contributed by atoms with van der Waals surface area (Å²) < 4.78 is 33.1. The second-order valence-corrected chi connectivity index (χ2v) is 6.03. The van der Waals surface area contributed by atoms with Crippen molar-refractivity contribution in [2.45, 2.75) is 11.8 Å². The Hall–Kier alpha value is -2.02. The Kier molecular flexibility index (Phi) is 6.91. The Bertz CT molecular complexity index is 722. The lowest BCUT2D eigenvalue weighted by atomic mass is 10.2. The first-order valence-corrected chi connectivity index (χ1v) is 7.99. The van der Waals surface area contributed by atoms with Gasteiger partial charge in [0.2, 0.25) is 0 Å². The molecule has 0 bridgehead atoms. The number of aliphatic hydroxyl groups excluding tert-OH is 1. The highest BCUT2D eigenvalue weighted by Gasteiger charge is 1.97. The smallest absolute Gasteiger partial charge is 0.175 e. The van der Waals surface area contributed by atoms with Gasteiger partial charge in [0.25, 0.3) is 0 Å². The molecule has 0 aliphatic rings. The van der Waals surface area contributed by atoms with Crippen molar-refractivity contribution >= 4 is 16.2 Å². The van der Waals surface area contributed by atoms with E-state index >= 15 is 0 Å². The number of aromatic nitrogens is 1. The summed E-state index contributed by atoms with van der Waals surface area (Å²) in [6.45, 7) is 1.92. The van der Waals surface area contributed by atoms with Gasteiger partial charge in [-0.2, -0.15) is 0 Å². The minimum absolute atomic E-state index is 0.0958. The fraction of sp³-hybridized carbons (Fsp3) is 0.188. The van der Waals surface area contributed by atoms with Gasteiger partial charge in [0.05, 0.1) is 11.5 Å². The van der Waals surface area contributed by atoms with E-state index in [4.69, 9.17) is 5.11 Å². The molecule has 1 heterocycles. The van der Waals surface area contributed by atoms with Crippen LogP contribution < -0.4 is 4.57 Å². The molecular weight excluding hydrogens is 302 g/mol. The average molecular weight is 321 g/mol. The van der Waals surface area contributed by atoms with E-state index < -0.39 is 10.1 Å². The number of hydrogen-bond acceptors (Lipinski definition) is 4. The van der Waals surface area contributed by atoms with Crippen molar-refractivity contribution in [3.8, 4) is 0 Å². The molecule has 22 heavy (non-hydrogen) atoms. The van der Waals surface area contributed by atoms with Crippen LogP contribution in [-0.2, 0) is 17.2 Å². The molecule has 0 aliphatic carbocycles. The zero-order valence-electron chi connectivity index (χ0n) is 12.5. The van der Waals surface area contributed by atoms with Crippen LogP contribution in [0.5, 0.6) is 0 Å². The van der Waals surface area contributed by atoms with E-state index in [0.717, 1.165) is 11.1 Å². The first-order chi connectivity index (χ1) is 10.3. The van der Waals surface area contributed by atoms with Crippen molar-refractivity contribution in [3.63, 3.8) is 0 Å². The zero-order valence-corrected chi connectivity index (χ0v) is 13.3. The van der Waals surface area contributed by atoms with Crippen LogP contribution in [0, 0.1) is 6.92 Å². The highest BCUT2D eigenvalue weighted by Crippen LogP contribution is 2.08. The van der Waals surface area contributed by atoms with Crippen LogP contribution >= 0.6 is 0 Å². The normalized spacial score (nSPS) is 11.1. The van der Waals surface area contributed by atoms with Gasteiger partial charge in [0.15, 0.2) is 12.4 Å². The van der Waals surface area contributed by atoms with Crippen LogP contribution in [0.4, 0.5) is 0 Å². The molecule has 1 aromatic heterocycles. The van der Waals surface area contributed by atoms with E-state index in [9.17, 15) is 13.0 Å². The number of hydrogen-bond donors (Lipinski definition) is 1. The van der Waals surface area contributed by atoms with E-state index in [2.05, 4.69) is 0 Å². The van der Waals surface area contributed by atoms with E-state index in [-0.39, 0.29) is 11.5 Å². The Balaban J connectivity index is 0.000000220. The third-order valence-corrected chi connectivity index (χ3v) is 3.54. The largest absolute Gasteiger partial charge is 0.744 e. The van der Waals surface area contributed by atoms with Gasteiger partial charge in [0, 0.05) is 11.6 Å². The summed E-state index contributed by atoms with van der Waals surface area (Å²) in [5, 5.41) is 8.50. The molecule has 0 unspecified atom stereocenters. The third kappa shape index (κ3) is 6.62. The van der Waals surface area contributed by atoms with Crippen molar-refractivity contribution in [2.24, 2.45) is 7.05 Å². The van der Waals surface area contributed by atoms with Crippen LogP contribution in [0.3, 0.4) is 0 Å². The Morgan fingerprint density at radius 3 is 2.36 bits per heavy atom. The molecule has 0 amide bonds. The minimum Gasteiger partial charge on any atom is -0.744 e. The number of aryl methyl sites for hydroxylation is 2. The summed E-state index contributed by atoms with van der Waals surface area (Å²) in [5.41, 5.74) is 2.03. The van der Waals surface area contributed by atoms with Gasteiger partial charge in [-0.1, -0.05) is 29.8 Å². The highest BCUT2D eigenvalue weighted by atomic mass is 32.2. The number of pyridine rings is 1. The predicted octanol–water partition coefficient (Wildman–Crippen LogP) is 1.42. The maximum atomic E-state index is 10.4. The second-order valence-electron chi connectivity index (χ2n) is 4.65. The SMILES string of the molecule is C[n+]1cccc(C=CCO)c1.Cc1ccc(S(=O)(=O)[O-])cc1. The average Bonchev–Trinajstić information content (AvgIpc) is 2.45. The number of rotatable bonds is 3. The zero-order chi connectivity index (χ0) is 16.6. The summed E-state index contributed by atoms with van der Waals surface area (Å²) in [6.07, 6.45) is 7.57. The number of benzene rings is 1. The molecule has 0 radical (unpaired) electrons. The van der Waals surface area contributed by atoms with Gasteiger partial charge < -0.3 is 9.66 Å². The standard InChI is InChI=1S/C9H12NO.C7H8O3S/c1-10-6-2-4-9(8-10)5-3-7-11;1-6-2-4-7(5-3-6)11(8,9)10/h2-6,8,11H,7H2,1H3;2-5H,1H3,(H,8,9,10)/q+1;/p-1. The molecule has 0 fully saturated rings. The Labute approximate surface area is 130 Å². The van der Waals surface area contributed by atoms with E-state index in [0.29, 0.717) is 0 Å². The van der Waals surface area contributed by atoms with Crippen LogP contribution in [0.1, 0.15) is 11.1 Å². The van der Waals surface area contributed by atoms with E-state index in [1.165, 1.54) is 12.1 Å². The summed E-state index contributed by atoms with van der Waals surface area (Å²) in [4.78, 5) is -0.178. The van der Waals surface area contributed by atoms with Gasteiger partial charge in [-0.3, -0.25) is 0 Å². The Morgan fingerprint density at radius 2 is 1.86 bits per heavy atom. The minimum atomic E-state index is -4.27. The van der Waals surface area contributed by atoms with Crippen LogP contribution in [0.2, 0.25) is 0 Å². The summed E-state index contributed by atoms with van der Waals surface area (Å²) in [5.74, 6) is 0. The van der Waals surface area contributed by atoms with Gasteiger partial charge in [-0.05, 0) is 25.1 Å². The first-order valence-electron chi connectivity index (χ1n) is 6.58. The molecular formula is C16H19NO4S. The fourth-order valence-corrected chi connectivity index (χ4v) is 2.07. The van der Waals surface area contributed by atoms with Crippen molar-refractivity contribution in [1.82, 2.24) is 0 Å². The molecule has 0 saturated carbocycles. The van der Waals surface area contributed by atoms with E-state index in [1.807, 2.05) is 49.1 Å². The lowest BCUT2D eigenvalue weighted by Crippen LogP contribution is -2.26. The van der Waals surface area contributed by atoms with Crippen molar-refractivity contribution < 1.29 is 22.6 Å². The summed E-state index contributed by atoms with van der Waals surface area (Å²) in [6, 6.07) is 9.74. The molecule has 2 rings (SSSR count). The monoisotopic (exact) mass is 321 g/mol. The molecule has 1 N–H and O–H groups in total. The third-order valence-electron chi connectivity index (χ3n) is 2.69. The molecule has 1 aromatic carbocycles. The summed E-state index contributed by atoms with van der Waals surface area (Å²) in [7, 11) is -2.30. The van der Waals surface area contributed by atoms with Crippen molar-refractivity contribution in [3.05, 3.63) is 66.0 Å². The van der Waals surface area contributed by atoms with Crippen molar-refractivity contribution in [1.29, 1.82) is 0 Å². The van der Waals surface area contributed by atoms with Gasteiger partial charge in [-0.15, -0.1) is 0 Å². The fourth-order valence-electron chi connectivity index (χ4n) is 1.60. The van der Waals surface area contributed by atoms with Crippen LogP contribution in [0.25, 0.3) is 6.08 Å². The number of nitrogens with zero attached hydrogens (tertiary/aromatic N) is 1. The quantitative estimate of drug-likeness (QED) is 0.685. The maximum absolute atomic E-state index is 10.4. The first kappa shape index (κ1) is 18.0. The van der Waals surface area contributed by atoms with Crippen LogP contribution in [0.15, 0.2) is 59.8 Å². The topological polar surface area (TPSA) is 81.3 Å². The predicted molar refractivity (Wildman–Crippen MR) is 82.9 cm³/mol. The molecule has 2 aromatic rings. The molecule has 0 atom stereocenters. The molecule has 118 valence electrons. The molecule has 6 heteroatoms. The summed E-state index contributed by atoms with van der Waals surface area (Å²) >= 11 is 0. The molecule has 0 saturated heterocycles. The van der Waals surface area contributed by atoms with Gasteiger partial charge >= 0.3 is 0 Å². The van der Waals surface area contributed by atoms with Gasteiger partial charge in [0.1, 0.15) is 17.2 Å². The lowest BCUT2D eigenvalue weighted by Gasteiger charge is -2.05. The number of aliphatic hydroxyl groups is 1.